The van der Waals surface area contributed by atoms with Crippen molar-refractivity contribution in [3.63, 3.8) is 0 Å². The van der Waals surface area contributed by atoms with E-state index in [1.807, 2.05) is 4.90 Å². The lowest BCUT2D eigenvalue weighted by Crippen LogP contribution is -2.46. The van der Waals surface area contributed by atoms with Gasteiger partial charge in [0.2, 0.25) is 0 Å². The van der Waals surface area contributed by atoms with E-state index in [4.69, 9.17) is 0 Å². The van der Waals surface area contributed by atoms with E-state index in [-0.39, 0.29) is 29.2 Å². The van der Waals surface area contributed by atoms with Crippen LogP contribution in [0.15, 0.2) is 29.3 Å². The average Bonchev–Trinajstić information content (AvgIpc) is 3.24. The third kappa shape index (κ3) is 5.46. The molecule has 0 bridgehead atoms. The van der Waals surface area contributed by atoms with Crippen molar-refractivity contribution in [3.05, 3.63) is 24.3 Å². The number of nitrogens with one attached hydrogen (secondary N) is 2. The maximum Gasteiger partial charge on any atom is 0.387 e. The van der Waals surface area contributed by atoms with E-state index in [0.29, 0.717) is 37.7 Å². The number of alkyl halides is 2. The van der Waals surface area contributed by atoms with Crippen molar-refractivity contribution in [2.45, 2.75) is 25.5 Å². The SMILES string of the molecule is CN=C(NCC1CCS(=O)(=O)C1)NC1CCN(c2ccccc2OC(F)F)C1. The highest BCUT2D eigenvalue weighted by atomic mass is 32.2. The molecule has 2 aliphatic rings. The molecule has 0 radical (unpaired) electrons. The average molecular weight is 416 g/mol. The van der Waals surface area contributed by atoms with Gasteiger partial charge in [-0.2, -0.15) is 8.78 Å². The maximum atomic E-state index is 12.6. The zero-order valence-electron chi connectivity index (χ0n) is 15.8. The number of hydrogen-bond acceptors (Lipinski definition) is 5. The predicted molar refractivity (Wildman–Crippen MR) is 105 cm³/mol. The fourth-order valence-electron chi connectivity index (χ4n) is 3.67. The second-order valence-electron chi connectivity index (χ2n) is 7.14. The number of anilines is 1. The summed E-state index contributed by atoms with van der Waals surface area (Å²) < 4.78 is 53.0. The Hall–Kier alpha value is -2.10. The van der Waals surface area contributed by atoms with Crippen LogP contribution in [0.5, 0.6) is 5.75 Å². The van der Waals surface area contributed by atoms with Gasteiger partial charge in [-0.05, 0) is 30.9 Å². The number of halogens is 2. The summed E-state index contributed by atoms with van der Waals surface area (Å²) in [5, 5.41) is 6.53. The molecule has 2 saturated heterocycles. The van der Waals surface area contributed by atoms with Crippen molar-refractivity contribution in [1.29, 1.82) is 0 Å². The van der Waals surface area contributed by atoms with Crippen molar-refractivity contribution in [2.24, 2.45) is 10.9 Å². The quantitative estimate of drug-likeness (QED) is 0.540. The van der Waals surface area contributed by atoms with Gasteiger partial charge in [0.05, 0.1) is 17.2 Å². The largest absolute Gasteiger partial charge is 0.433 e. The highest BCUT2D eigenvalue weighted by Crippen LogP contribution is 2.31. The minimum Gasteiger partial charge on any atom is -0.433 e. The number of aliphatic imine (C=N–C) groups is 1. The van der Waals surface area contributed by atoms with Gasteiger partial charge in [-0.15, -0.1) is 0 Å². The molecule has 3 rings (SSSR count). The van der Waals surface area contributed by atoms with Gasteiger partial charge in [0.25, 0.3) is 0 Å². The Morgan fingerprint density at radius 1 is 1.36 bits per heavy atom. The Kier molecular flexibility index (Phi) is 6.58. The molecular weight excluding hydrogens is 390 g/mol. The van der Waals surface area contributed by atoms with E-state index < -0.39 is 16.4 Å². The van der Waals surface area contributed by atoms with E-state index in [1.165, 1.54) is 0 Å². The Bertz CT molecular complexity index is 804. The van der Waals surface area contributed by atoms with Crippen molar-refractivity contribution in [2.75, 3.05) is 43.1 Å². The van der Waals surface area contributed by atoms with Crippen LogP contribution in [-0.2, 0) is 9.84 Å². The molecule has 0 spiro atoms. The van der Waals surface area contributed by atoms with Crippen molar-refractivity contribution in [3.8, 4) is 5.75 Å². The molecule has 7 nitrogen and oxygen atoms in total. The number of nitrogens with zero attached hydrogens (tertiary/aromatic N) is 2. The number of benzene rings is 1. The highest BCUT2D eigenvalue weighted by Gasteiger charge is 2.29. The Balaban J connectivity index is 1.52. The van der Waals surface area contributed by atoms with Crippen molar-refractivity contribution < 1.29 is 21.9 Å². The van der Waals surface area contributed by atoms with Gasteiger partial charge < -0.3 is 20.3 Å². The molecule has 2 N–H and O–H groups in total. The number of rotatable bonds is 6. The number of hydrogen-bond donors (Lipinski definition) is 2. The highest BCUT2D eigenvalue weighted by molar-refractivity contribution is 7.91. The van der Waals surface area contributed by atoms with Crippen LogP contribution in [0, 0.1) is 5.92 Å². The summed E-state index contributed by atoms with van der Waals surface area (Å²) in [6.45, 7) is -0.970. The lowest BCUT2D eigenvalue weighted by molar-refractivity contribution is -0.0495. The molecule has 1 aromatic rings. The van der Waals surface area contributed by atoms with Crippen molar-refractivity contribution in [1.82, 2.24) is 10.6 Å². The predicted octanol–water partition coefficient (Wildman–Crippen LogP) is 1.47. The van der Waals surface area contributed by atoms with Crippen LogP contribution in [0.25, 0.3) is 0 Å². The fraction of sp³-hybridized carbons (Fsp3) is 0.611. The summed E-state index contributed by atoms with van der Waals surface area (Å²) in [5.74, 6) is 1.36. The van der Waals surface area contributed by atoms with E-state index in [0.717, 1.165) is 6.42 Å². The first kappa shape index (κ1) is 20.6. The molecule has 2 heterocycles. The summed E-state index contributed by atoms with van der Waals surface area (Å²) in [6, 6.07) is 6.87. The van der Waals surface area contributed by atoms with Crippen LogP contribution >= 0.6 is 0 Å². The Morgan fingerprint density at radius 2 is 2.14 bits per heavy atom. The zero-order valence-corrected chi connectivity index (χ0v) is 16.6. The molecule has 2 atom stereocenters. The minimum absolute atomic E-state index is 0.0955. The van der Waals surface area contributed by atoms with Gasteiger partial charge in [-0.25, -0.2) is 8.42 Å². The van der Waals surface area contributed by atoms with Gasteiger partial charge in [0, 0.05) is 32.7 Å². The number of guanidine groups is 1. The molecule has 2 unspecified atom stereocenters. The van der Waals surface area contributed by atoms with E-state index >= 15 is 0 Å². The molecule has 2 fully saturated rings. The molecular formula is C18H26F2N4O3S. The summed E-state index contributed by atoms with van der Waals surface area (Å²) in [7, 11) is -1.23. The topological polar surface area (TPSA) is 83.0 Å². The Labute approximate surface area is 164 Å². The molecule has 28 heavy (non-hydrogen) atoms. The van der Waals surface area contributed by atoms with Gasteiger partial charge in [-0.3, -0.25) is 4.99 Å². The summed E-state index contributed by atoms with van der Waals surface area (Å²) in [4.78, 5) is 6.21. The van der Waals surface area contributed by atoms with Crippen LogP contribution in [-0.4, -0.2) is 65.2 Å². The molecule has 0 amide bonds. The first-order chi connectivity index (χ1) is 13.4. The van der Waals surface area contributed by atoms with Gasteiger partial charge in [0.1, 0.15) is 5.75 Å². The summed E-state index contributed by atoms with van der Waals surface area (Å²) in [6.07, 6.45) is 1.49. The standard InChI is InChI=1S/C18H26F2N4O3S/c1-21-18(22-10-13-7-9-28(25,26)12-13)23-14-6-8-24(11-14)15-4-2-3-5-16(15)27-17(19)20/h2-5,13-14,17H,6-12H2,1H3,(H2,21,22,23). The maximum absolute atomic E-state index is 12.6. The summed E-state index contributed by atoms with van der Waals surface area (Å²) in [5.41, 5.74) is 0.645. The number of sulfone groups is 1. The number of ether oxygens (including phenoxy) is 1. The van der Waals surface area contributed by atoms with Crippen molar-refractivity contribution >= 4 is 21.5 Å². The minimum atomic E-state index is -2.90. The normalized spacial score (nSPS) is 24.6. The van der Waals surface area contributed by atoms with E-state index in [2.05, 4.69) is 20.4 Å². The first-order valence-electron chi connectivity index (χ1n) is 9.32. The molecule has 2 aliphatic heterocycles. The van der Waals surface area contributed by atoms with Crippen LogP contribution < -0.4 is 20.3 Å². The van der Waals surface area contributed by atoms with E-state index in [9.17, 15) is 17.2 Å². The third-order valence-electron chi connectivity index (χ3n) is 5.06. The summed E-state index contributed by atoms with van der Waals surface area (Å²) >= 11 is 0. The van der Waals surface area contributed by atoms with Crippen LogP contribution in [0.2, 0.25) is 0 Å². The fourth-order valence-corrected chi connectivity index (χ4v) is 5.53. The zero-order chi connectivity index (χ0) is 20.1. The van der Waals surface area contributed by atoms with E-state index in [1.54, 1.807) is 31.3 Å². The second-order valence-corrected chi connectivity index (χ2v) is 9.37. The smallest absolute Gasteiger partial charge is 0.387 e. The lowest BCUT2D eigenvalue weighted by Gasteiger charge is -2.23. The molecule has 156 valence electrons. The lowest BCUT2D eigenvalue weighted by atomic mass is 10.1. The van der Waals surface area contributed by atoms with Crippen LogP contribution in [0.1, 0.15) is 12.8 Å². The molecule has 0 aromatic heterocycles. The molecule has 1 aromatic carbocycles. The molecule has 10 heteroatoms. The van der Waals surface area contributed by atoms with Crippen LogP contribution in [0.4, 0.5) is 14.5 Å². The van der Waals surface area contributed by atoms with Crippen LogP contribution in [0.3, 0.4) is 0 Å². The monoisotopic (exact) mass is 416 g/mol. The number of para-hydroxylation sites is 2. The molecule has 0 saturated carbocycles. The van der Waals surface area contributed by atoms with Gasteiger partial charge in [-0.1, -0.05) is 12.1 Å². The first-order valence-corrected chi connectivity index (χ1v) is 11.1. The third-order valence-corrected chi connectivity index (χ3v) is 6.90. The second kappa shape index (κ2) is 8.93. The Morgan fingerprint density at radius 3 is 2.82 bits per heavy atom. The van der Waals surface area contributed by atoms with Gasteiger partial charge in [0.15, 0.2) is 15.8 Å². The molecule has 0 aliphatic carbocycles. The van der Waals surface area contributed by atoms with Gasteiger partial charge >= 0.3 is 6.61 Å².